The van der Waals surface area contributed by atoms with Crippen molar-refractivity contribution in [2.45, 2.75) is 0 Å². The first-order valence-corrected chi connectivity index (χ1v) is 1.18. The third-order valence-electron chi connectivity index (χ3n) is 0.171. The van der Waals surface area contributed by atoms with Crippen molar-refractivity contribution in [3.05, 3.63) is 25.0 Å². The van der Waals surface area contributed by atoms with Crippen LogP contribution in [0, 0.1) is 12.8 Å². The van der Waals surface area contributed by atoms with Crippen LogP contribution in [0.4, 0.5) is 0 Å². The maximum absolute atomic E-state index is 7.65. The summed E-state index contributed by atoms with van der Waals surface area (Å²) >= 11 is 0. The fourth-order valence-corrected chi connectivity index (χ4v) is 0.0430. The minimum atomic E-state index is 1.19. The number of rotatable bonds is 1. The lowest BCUT2D eigenvalue weighted by Crippen LogP contribution is -1.43. The average molecular weight is 68.1 g/mol. The van der Waals surface area contributed by atoms with E-state index < -0.39 is 0 Å². The Morgan fingerprint density at radius 3 is 2.40 bits per heavy atom. The van der Waals surface area contributed by atoms with E-state index >= 15 is 0 Å². The van der Waals surface area contributed by atoms with Gasteiger partial charge in [0.25, 0.3) is 0 Å². The van der Waals surface area contributed by atoms with Crippen molar-refractivity contribution in [3.8, 4) is 0 Å². The second-order valence-corrected chi connectivity index (χ2v) is 0.488. The summed E-state index contributed by atoms with van der Waals surface area (Å²) in [4.78, 5) is 0. The molecular weight excluding hydrogens is 64.0 g/mol. The van der Waals surface area contributed by atoms with Gasteiger partial charge in [-0.1, -0.05) is 12.7 Å². The Morgan fingerprint density at radius 2 is 2.40 bits per heavy atom. The molecule has 0 spiro atoms. The average Bonchev–Trinajstić information content (AvgIpc) is 1.41. The molecule has 5 heavy (non-hydrogen) atoms. The lowest BCUT2D eigenvalue weighted by molar-refractivity contribution is 0.442. The van der Waals surface area contributed by atoms with E-state index in [1.165, 1.54) is 12.2 Å². The van der Waals surface area contributed by atoms with Crippen molar-refractivity contribution < 1.29 is 5.11 Å². The summed E-state index contributed by atoms with van der Waals surface area (Å²) in [5, 5.41) is 7.65. The smallest absolute Gasteiger partial charge is 0.157 e. The van der Waals surface area contributed by atoms with Gasteiger partial charge in [-0.05, 0) is 6.08 Å². The highest BCUT2D eigenvalue weighted by atomic mass is 16.2. The van der Waals surface area contributed by atoms with E-state index in [0.717, 1.165) is 0 Å². The molecule has 0 saturated carbocycles. The van der Waals surface area contributed by atoms with Gasteiger partial charge < -0.3 is 5.11 Å². The van der Waals surface area contributed by atoms with Crippen LogP contribution < -0.4 is 0 Å². The van der Waals surface area contributed by atoms with E-state index in [1.54, 1.807) is 6.26 Å². The Hall–Kier alpha value is -0.720. The van der Waals surface area contributed by atoms with E-state index in [1.807, 2.05) is 0 Å². The van der Waals surface area contributed by atoms with Gasteiger partial charge in [-0.15, -0.1) is 0 Å². The molecule has 0 aromatic rings. The van der Waals surface area contributed by atoms with Crippen LogP contribution in [0.1, 0.15) is 0 Å². The Bertz CT molecular complexity index is 45.6. The molecule has 1 nitrogen and oxygen atoms in total. The molecule has 0 bridgehead atoms. The Kier molecular flexibility index (Phi) is 2.81. The molecule has 0 rings (SSSR count). The molecular formula is C4H4O. The Labute approximate surface area is 31.2 Å². The Morgan fingerprint density at radius 1 is 1.80 bits per heavy atom. The van der Waals surface area contributed by atoms with Crippen LogP contribution in [0.2, 0.25) is 0 Å². The lowest BCUT2D eigenvalue weighted by atomic mass is 10.6. The van der Waals surface area contributed by atoms with Crippen molar-refractivity contribution in [1.29, 1.82) is 0 Å². The summed E-state index contributed by atoms with van der Waals surface area (Å²) in [6, 6.07) is 0. The van der Waals surface area contributed by atoms with Gasteiger partial charge in [-0.2, -0.15) is 0 Å². The summed E-state index contributed by atoms with van der Waals surface area (Å²) in [5.74, 6) is 0. The van der Waals surface area contributed by atoms with Gasteiger partial charge in [0.15, 0.2) is 6.26 Å². The van der Waals surface area contributed by atoms with Gasteiger partial charge in [0.05, 0.1) is 0 Å². The lowest BCUT2D eigenvalue weighted by Gasteiger charge is -1.55. The maximum atomic E-state index is 7.65. The van der Waals surface area contributed by atoms with Gasteiger partial charge in [0.2, 0.25) is 0 Å². The zero-order valence-electron chi connectivity index (χ0n) is 2.68. The van der Waals surface area contributed by atoms with Crippen LogP contribution in [0.3, 0.4) is 0 Å². The summed E-state index contributed by atoms with van der Waals surface area (Å²) in [5.41, 5.74) is 0. The zero-order valence-corrected chi connectivity index (χ0v) is 2.68. The molecule has 0 aromatic carbocycles. The summed E-state index contributed by atoms with van der Waals surface area (Å²) in [6.07, 6.45) is 4.11. The van der Waals surface area contributed by atoms with Gasteiger partial charge in [0, 0.05) is 0 Å². The molecule has 0 aliphatic carbocycles. The molecule has 1 N–H and O–H groups in total. The SMILES string of the molecule is [CH]=CC=[C]O. The van der Waals surface area contributed by atoms with Crippen LogP contribution >= 0.6 is 0 Å². The number of aliphatic hydroxyl groups excluding tert-OH is 1. The molecule has 0 fully saturated rings. The molecule has 0 aliphatic rings. The molecule has 0 atom stereocenters. The first-order chi connectivity index (χ1) is 2.41. The third-order valence-corrected chi connectivity index (χ3v) is 0.171. The molecule has 26 valence electrons. The molecule has 0 heterocycles. The minimum absolute atomic E-state index is 1.19. The summed E-state index contributed by atoms with van der Waals surface area (Å²) < 4.78 is 0. The van der Waals surface area contributed by atoms with E-state index in [2.05, 4.69) is 0 Å². The monoisotopic (exact) mass is 68.0 g/mol. The third kappa shape index (κ3) is 3.28. The fraction of sp³-hybridized carbons (Fsp3) is 0. The molecule has 2 radical (unpaired) electrons. The fourth-order valence-electron chi connectivity index (χ4n) is 0.0430. The largest absolute Gasteiger partial charge is 0.504 e. The van der Waals surface area contributed by atoms with Gasteiger partial charge in [-0.25, -0.2) is 0 Å². The maximum Gasteiger partial charge on any atom is 0.157 e. The normalized spacial score (nSPS) is 8.80. The van der Waals surface area contributed by atoms with Crippen molar-refractivity contribution in [2.75, 3.05) is 0 Å². The van der Waals surface area contributed by atoms with Crippen molar-refractivity contribution in [2.24, 2.45) is 0 Å². The summed E-state index contributed by atoms with van der Waals surface area (Å²) in [7, 11) is 0. The van der Waals surface area contributed by atoms with E-state index in [4.69, 9.17) is 11.7 Å². The minimum Gasteiger partial charge on any atom is -0.504 e. The summed E-state index contributed by atoms with van der Waals surface area (Å²) in [6.45, 7) is 4.74. The second kappa shape index (κ2) is 3.28. The highest BCUT2D eigenvalue weighted by Crippen LogP contribution is 1.59. The molecule has 0 amide bonds. The van der Waals surface area contributed by atoms with Crippen LogP contribution in [0.15, 0.2) is 12.2 Å². The molecule has 0 saturated heterocycles. The van der Waals surface area contributed by atoms with Crippen molar-refractivity contribution >= 4 is 0 Å². The number of allylic oxidation sites excluding steroid dienone is 2. The first kappa shape index (κ1) is 4.28. The van der Waals surface area contributed by atoms with Crippen LogP contribution in [-0.2, 0) is 0 Å². The van der Waals surface area contributed by atoms with Crippen molar-refractivity contribution in [1.82, 2.24) is 0 Å². The van der Waals surface area contributed by atoms with E-state index in [9.17, 15) is 0 Å². The predicted molar refractivity (Wildman–Crippen MR) is 19.3 cm³/mol. The number of hydrogen-bond donors (Lipinski definition) is 1. The van der Waals surface area contributed by atoms with Crippen LogP contribution in [-0.4, -0.2) is 5.11 Å². The van der Waals surface area contributed by atoms with Gasteiger partial charge in [0.1, 0.15) is 0 Å². The van der Waals surface area contributed by atoms with Crippen LogP contribution in [0.5, 0.6) is 0 Å². The number of hydrogen-bond acceptors (Lipinski definition) is 1. The van der Waals surface area contributed by atoms with Crippen molar-refractivity contribution in [3.63, 3.8) is 0 Å². The molecule has 0 aliphatic heterocycles. The number of aliphatic hydroxyl groups is 1. The van der Waals surface area contributed by atoms with Gasteiger partial charge in [-0.3, -0.25) is 0 Å². The molecule has 1 heteroatoms. The zero-order chi connectivity index (χ0) is 4.12. The molecule has 0 unspecified atom stereocenters. The second-order valence-electron chi connectivity index (χ2n) is 0.488. The highest BCUT2D eigenvalue weighted by molar-refractivity contribution is 4.85. The van der Waals surface area contributed by atoms with Gasteiger partial charge >= 0.3 is 0 Å². The van der Waals surface area contributed by atoms with E-state index in [0.29, 0.717) is 0 Å². The predicted octanol–water partition coefficient (Wildman–Crippen LogP) is 0.850. The molecule has 0 aromatic heterocycles. The first-order valence-electron chi connectivity index (χ1n) is 1.18. The topological polar surface area (TPSA) is 20.2 Å². The highest BCUT2D eigenvalue weighted by Gasteiger charge is 1.46. The van der Waals surface area contributed by atoms with Crippen LogP contribution in [0.25, 0.3) is 0 Å². The quantitative estimate of drug-likeness (QED) is 0.357. The Balaban J connectivity index is 2.92. The standard InChI is InChI=1S/C4H4O/c1-2-3-4-5/h1-3,5H. The van der Waals surface area contributed by atoms with E-state index in [-0.39, 0.29) is 0 Å².